The molecule has 5 rings (SSSR count). The zero-order valence-corrected chi connectivity index (χ0v) is 22.6. The van der Waals surface area contributed by atoms with Crippen LogP contribution in [0.1, 0.15) is 36.6 Å². The lowest BCUT2D eigenvalue weighted by Crippen LogP contribution is -2.38. The van der Waals surface area contributed by atoms with E-state index >= 15 is 0 Å². The Hall–Kier alpha value is -3.55. The number of halogens is 4. The molecule has 2 aromatic carbocycles. The molecule has 0 bridgehead atoms. The van der Waals surface area contributed by atoms with E-state index in [0.717, 1.165) is 30.3 Å². The third-order valence-electron chi connectivity index (χ3n) is 6.82. The quantitative estimate of drug-likeness (QED) is 0.262. The molecule has 40 heavy (non-hydrogen) atoms. The second-order valence-corrected chi connectivity index (χ2v) is 10.6. The maximum Gasteiger partial charge on any atom is 0.434 e. The van der Waals surface area contributed by atoms with Crippen molar-refractivity contribution >= 4 is 21.9 Å². The van der Waals surface area contributed by atoms with Crippen LogP contribution in [-0.2, 0) is 11.0 Å². The zero-order valence-electron chi connectivity index (χ0n) is 21.1. The fourth-order valence-corrected chi connectivity index (χ4v) is 5.21. The number of alkyl halides is 3. The minimum Gasteiger partial charge on any atom is -0.481 e. The van der Waals surface area contributed by atoms with Crippen LogP contribution < -0.4 is 0 Å². The van der Waals surface area contributed by atoms with Crippen molar-refractivity contribution in [2.24, 2.45) is 5.92 Å². The smallest absolute Gasteiger partial charge is 0.434 e. The number of nitrogens with zero attached hydrogens (tertiary/aromatic N) is 5. The first-order valence-corrected chi connectivity index (χ1v) is 13.4. The zero-order chi connectivity index (χ0) is 28.4. The average molecular weight is 620 g/mol. The van der Waals surface area contributed by atoms with Gasteiger partial charge in [-0.15, -0.1) is 0 Å². The number of carboxylic acid groups (broad SMARTS) is 1. The number of carbonyl (C=O) groups is 1. The van der Waals surface area contributed by atoms with Gasteiger partial charge in [-0.05, 0) is 55.1 Å². The Morgan fingerprint density at radius 2 is 1.88 bits per heavy atom. The van der Waals surface area contributed by atoms with Gasteiger partial charge in [-0.1, -0.05) is 45.4 Å². The standard InChI is InChI=1S/C27H25BrF3N5O4/c28-19-7-9-20(10-8-19)36-24(27(29,30)31)21(13-32-36)26-33-25(34-40-26)18-5-3-17(4-6-18)22(37)15-35-11-1-2-16(14-35)12-23(38)39/h3-10,13,16,22,37H,1-2,11-12,14-15H2,(H,38,39)/t16-,22-/m1/s1. The summed E-state index contributed by atoms with van der Waals surface area (Å²) in [6.45, 7) is 1.77. The Kier molecular flexibility index (Phi) is 8.06. The molecule has 13 heteroatoms. The van der Waals surface area contributed by atoms with E-state index in [0.29, 0.717) is 28.7 Å². The number of carboxylic acids is 1. The van der Waals surface area contributed by atoms with Crippen LogP contribution in [0.2, 0.25) is 0 Å². The first kappa shape index (κ1) is 28.0. The van der Waals surface area contributed by atoms with Crippen molar-refractivity contribution in [2.75, 3.05) is 19.6 Å². The van der Waals surface area contributed by atoms with E-state index in [9.17, 15) is 23.1 Å². The summed E-state index contributed by atoms with van der Waals surface area (Å²) in [5.74, 6) is -0.988. The van der Waals surface area contributed by atoms with E-state index in [1.54, 1.807) is 36.4 Å². The Balaban J connectivity index is 1.32. The van der Waals surface area contributed by atoms with Crippen LogP contribution in [0.3, 0.4) is 0 Å². The molecule has 0 spiro atoms. The van der Waals surface area contributed by atoms with E-state index in [2.05, 4.69) is 36.1 Å². The van der Waals surface area contributed by atoms with E-state index in [1.807, 2.05) is 0 Å². The van der Waals surface area contributed by atoms with Crippen LogP contribution in [0.4, 0.5) is 13.2 Å². The third kappa shape index (κ3) is 6.26. The predicted molar refractivity (Wildman–Crippen MR) is 141 cm³/mol. The van der Waals surface area contributed by atoms with Gasteiger partial charge in [0.1, 0.15) is 0 Å². The van der Waals surface area contributed by atoms with E-state index in [4.69, 9.17) is 9.63 Å². The SMILES string of the molecule is O=C(O)C[C@H]1CCCN(C[C@@H](O)c2ccc(-c3noc(-c4cnn(-c5ccc(Br)cc5)c4C(F)(F)F)n3)cc2)C1. The topological polar surface area (TPSA) is 118 Å². The lowest BCUT2D eigenvalue weighted by atomic mass is 9.94. The Bertz CT molecular complexity index is 1470. The molecule has 4 aromatic rings. The third-order valence-corrected chi connectivity index (χ3v) is 7.35. The molecule has 210 valence electrons. The highest BCUT2D eigenvalue weighted by atomic mass is 79.9. The molecule has 1 fully saturated rings. The number of aliphatic hydroxyl groups excluding tert-OH is 1. The van der Waals surface area contributed by atoms with Gasteiger partial charge in [0.05, 0.1) is 23.6 Å². The normalized spacial score (nSPS) is 17.2. The molecule has 1 aliphatic heterocycles. The summed E-state index contributed by atoms with van der Waals surface area (Å²) in [6.07, 6.45) is -2.64. The van der Waals surface area contributed by atoms with Crippen molar-refractivity contribution in [3.8, 4) is 28.5 Å². The van der Waals surface area contributed by atoms with Gasteiger partial charge >= 0.3 is 12.1 Å². The number of β-amino-alcohol motifs (C(OH)–C–C–N with tert-alkyl or cyclic N) is 1. The number of likely N-dealkylation sites (tertiary alicyclic amines) is 1. The van der Waals surface area contributed by atoms with Gasteiger partial charge in [-0.2, -0.15) is 23.3 Å². The Morgan fingerprint density at radius 3 is 2.55 bits per heavy atom. The summed E-state index contributed by atoms with van der Waals surface area (Å²) in [6, 6.07) is 13.0. The number of hydrogen-bond donors (Lipinski definition) is 2. The van der Waals surface area contributed by atoms with Crippen LogP contribution in [-0.4, -0.2) is 60.6 Å². The van der Waals surface area contributed by atoms with E-state index in [-0.39, 0.29) is 35.3 Å². The number of rotatable bonds is 8. The number of aromatic nitrogens is 4. The summed E-state index contributed by atoms with van der Waals surface area (Å²) in [4.78, 5) is 17.3. The summed E-state index contributed by atoms with van der Waals surface area (Å²) in [7, 11) is 0. The summed E-state index contributed by atoms with van der Waals surface area (Å²) in [5.41, 5.74) is -0.0179. The van der Waals surface area contributed by atoms with Crippen LogP contribution in [0.15, 0.2) is 63.7 Å². The molecule has 1 saturated heterocycles. The molecule has 9 nitrogen and oxygen atoms in total. The monoisotopic (exact) mass is 619 g/mol. The van der Waals surface area contributed by atoms with Crippen molar-refractivity contribution in [3.05, 3.63) is 70.5 Å². The fourth-order valence-electron chi connectivity index (χ4n) is 4.94. The number of aliphatic carboxylic acids is 1. The fraction of sp³-hybridized carbons (Fsp3) is 0.333. The van der Waals surface area contributed by atoms with E-state index in [1.165, 1.54) is 12.1 Å². The first-order valence-electron chi connectivity index (χ1n) is 12.6. The lowest BCUT2D eigenvalue weighted by molar-refractivity contribution is -0.142. The molecule has 0 saturated carbocycles. The molecule has 0 radical (unpaired) electrons. The molecule has 2 N–H and O–H groups in total. The van der Waals surface area contributed by atoms with Gasteiger partial charge in [0.2, 0.25) is 5.82 Å². The highest BCUT2D eigenvalue weighted by molar-refractivity contribution is 9.10. The molecule has 0 unspecified atom stereocenters. The van der Waals surface area contributed by atoms with Crippen LogP contribution >= 0.6 is 15.9 Å². The molecule has 2 aromatic heterocycles. The van der Waals surface area contributed by atoms with Gasteiger partial charge in [-0.3, -0.25) is 4.79 Å². The van der Waals surface area contributed by atoms with Gasteiger partial charge in [0.25, 0.3) is 5.89 Å². The van der Waals surface area contributed by atoms with Crippen molar-refractivity contribution in [2.45, 2.75) is 31.5 Å². The largest absolute Gasteiger partial charge is 0.481 e. The second kappa shape index (κ2) is 11.5. The Morgan fingerprint density at radius 1 is 1.15 bits per heavy atom. The maximum absolute atomic E-state index is 14.1. The average Bonchev–Trinajstić information content (AvgIpc) is 3.57. The minimum absolute atomic E-state index is 0.0631. The number of piperidine rings is 1. The van der Waals surface area contributed by atoms with Gasteiger partial charge < -0.3 is 19.6 Å². The van der Waals surface area contributed by atoms with Gasteiger partial charge in [0, 0.05) is 29.5 Å². The molecule has 1 aliphatic rings. The van der Waals surface area contributed by atoms with E-state index < -0.39 is 23.9 Å². The number of benzene rings is 2. The highest BCUT2D eigenvalue weighted by Gasteiger charge is 2.40. The van der Waals surface area contributed by atoms with Crippen molar-refractivity contribution in [3.63, 3.8) is 0 Å². The van der Waals surface area contributed by atoms with Crippen molar-refractivity contribution in [1.29, 1.82) is 0 Å². The van der Waals surface area contributed by atoms with Gasteiger partial charge in [-0.25, -0.2) is 4.68 Å². The molecule has 2 atom stereocenters. The molecule has 3 heterocycles. The number of aliphatic hydroxyl groups is 1. The molecule has 0 aliphatic carbocycles. The molecular weight excluding hydrogens is 595 g/mol. The summed E-state index contributed by atoms with van der Waals surface area (Å²) in [5, 5.41) is 27.6. The Labute approximate surface area is 235 Å². The summed E-state index contributed by atoms with van der Waals surface area (Å²) >= 11 is 3.27. The van der Waals surface area contributed by atoms with Gasteiger partial charge in [0.15, 0.2) is 5.69 Å². The first-order chi connectivity index (χ1) is 19.1. The highest BCUT2D eigenvalue weighted by Crippen LogP contribution is 2.38. The van der Waals surface area contributed by atoms with Crippen molar-refractivity contribution in [1.82, 2.24) is 24.8 Å². The molecule has 0 amide bonds. The molecular formula is C27H25BrF3N5O4. The van der Waals surface area contributed by atoms with Crippen LogP contribution in [0, 0.1) is 5.92 Å². The minimum atomic E-state index is -4.74. The maximum atomic E-state index is 14.1. The second-order valence-electron chi connectivity index (χ2n) is 9.72. The van der Waals surface area contributed by atoms with Crippen LogP contribution in [0.5, 0.6) is 0 Å². The summed E-state index contributed by atoms with van der Waals surface area (Å²) < 4.78 is 48.9. The van der Waals surface area contributed by atoms with Crippen molar-refractivity contribution < 1.29 is 32.7 Å². The van der Waals surface area contributed by atoms with Crippen LogP contribution in [0.25, 0.3) is 28.5 Å². The lowest BCUT2D eigenvalue weighted by Gasteiger charge is -2.33. The predicted octanol–water partition coefficient (Wildman–Crippen LogP) is 5.59. The number of hydrogen-bond acceptors (Lipinski definition) is 7.